The molecule has 1 N–H and O–H groups in total. The highest BCUT2D eigenvalue weighted by Crippen LogP contribution is 2.37. The van der Waals surface area contributed by atoms with E-state index in [0.29, 0.717) is 17.5 Å². The Balaban J connectivity index is 1.79. The Morgan fingerprint density at radius 3 is 2.75 bits per heavy atom. The fraction of sp³-hybridized carbons (Fsp3) is 0.118. The lowest BCUT2D eigenvalue weighted by atomic mass is 10.2. The molecule has 0 spiro atoms. The van der Waals surface area contributed by atoms with Crippen LogP contribution in [0.5, 0.6) is 0 Å². The average molecular weight is 356 g/mol. The minimum Gasteiger partial charge on any atom is -0.365 e. The van der Waals surface area contributed by atoms with Crippen molar-refractivity contribution in [3.8, 4) is 5.95 Å². The first-order valence-electron chi connectivity index (χ1n) is 7.47. The second-order valence-electron chi connectivity index (χ2n) is 5.31. The predicted octanol–water partition coefficient (Wildman–Crippen LogP) is 4.45. The van der Waals surface area contributed by atoms with Gasteiger partial charge in [-0.1, -0.05) is 41.9 Å². The van der Waals surface area contributed by atoms with Crippen molar-refractivity contribution in [1.29, 1.82) is 0 Å². The summed E-state index contributed by atoms with van der Waals surface area (Å²) in [7, 11) is 0. The highest BCUT2D eigenvalue weighted by atomic mass is 35.5. The topological polar surface area (TPSA) is 55.6 Å². The SMILES string of the molecule is Cc1sc2nc(-n3cccn3)nc(NCc3ccccc3)c2c1Cl. The number of nitrogens with zero attached hydrogens (tertiary/aromatic N) is 4. The molecular weight excluding hydrogens is 342 g/mol. The molecule has 7 heteroatoms. The van der Waals surface area contributed by atoms with E-state index in [0.717, 1.165) is 20.9 Å². The maximum atomic E-state index is 6.47. The van der Waals surface area contributed by atoms with Gasteiger partial charge in [-0.2, -0.15) is 15.1 Å². The number of hydrogen-bond acceptors (Lipinski definition) is 5. The molecule has 0 aliphatic rings. The fourth-order valence-electron chi connectivity index (χ4n) is 2.47. The molecule has 3 heterocycles. The molecule has 0 atom stereocenters. The second kappa shape index (κ2) is 6.22. The van der Waals surface area contributed by atoms with Gasteiger partial charge in [0, 0.05) is 23.8 Å². The molecule has 0 aliphatic heterocycles. The lowest BCUT2D eigenvalue weighted by Crippen LogP contribution is -2.07. The molecule has 1 aromatic carbocycles. The van der Waals surface area contributed by atoms with Crippen molar-refractivity contribution in [3.63, 3.8) is 0 Å². The summed E-state index contributed by atoms with van der Waals surface area (Å²) in [6.07, 6.45) is 3.53. The lowest BCUT2D eigenvalue weighted by molar-refractivity contribution is 0.816. The van der Waals surface area contributed by atoms with Crippen molar-refractivity contribution in [3.05, 3.63) is 64.3 Å². The standard InChI is InChI=1S/C17H14ClN5S/c1-11-14(18)13-15(19-10-12-6-3-2-4-7-12)21-17(22-16(13)24-11)23-9-5-8-20-23/h2-9H,10H2,1H3,(H,19,21,22). The molecule has 4 aromatic rings. The minimum atomic E-state index is 0.529. The van der Waals surface area contributed by atoms with Crippen LogP contribution in [0.25, 0.3) is 16.2 Å². The van der Waals surface area contributed by atoms with Gasteiger partial charge in [-0.05, 0) is 18.6 Å². The molecule has 3 aromatic heterocycles. The zero-order valence-corrected chi connectivity index (χ0v) is 14.5. The quantitative estimate of drug-likeness (QED) is 0.587. The molecule has 24 heavy (non-hydrogen) atoms. The summed E-state index contributed by atoms with van der Waals surface area (Å²) < 4.78 is 1.65. The molecule has 0 aliphatic carbocycles. The van der Waals surface area contributed by atoms with Gasteiger partial charge in [0.05, 0.1) is 10.4 Å². The van der Waals surface area contributed by atoms with Crippen LogP contribution in [0.2, 0.25) is 5.02 Å². The first-order chi connectivity index (χ1) is 11.7. The van der Waals surface area contributed by atoms with E-state index in [-0.39, 0.29) is 0 Å². The highest BCUT2D eigenvalue weighted by Gasteiger charge is 2.16. The van der Waals surface area contributed by atoms with E-state index in [1.165, 1.54) is 5.56 Å². The monoisotopic (exact) mass is 355 g/mol. The number of halogens is 1. The fourth-order valence-corrected chi connectivity index (χ4v) is 3.73. The van der Waals surface area contributed by atoms with Crippen LogP contribution in [-0.2, 0) is 6.54 Å². The first kappa shape index (κ1) is 15.1. The Morgan fingerprint density at radius 2 is 2.00 bits per heavy atom. The number of aromatic nitrogens is 4. The number of nitrogens with one attached hydrogen (secondary N) is 1. The van der Waals surface area contributed by atoms with Crippen LogP contribution in [-0.4, -0.2) is 19.7 Å². The molecule has 0 saturated heterocycles. The van der Waals surface area contributed by atoms with E-state index in [2.05, 4.69) is 32.5 Å². The summed E-state index contributed by atoms with van der Waals surface area (Å²) >= 11 is 8.04. The predicted molar refractivity (Wildman–Crippen MR) is 98.1 cm³/mol. The van der Waals surface area contributed by atoms with Crippen molar-refractivity contribution in [1.82, 2.24) is 19.7 Å². The number of hydrogen-bond donors (Lipinski definition) is 1. The van der Waals surface area contributed by atoms with Crippen molar-refractivity contribution >= 4 is 39.0 Å². The van der Waals surface area contributed by atoms with E-state index in [1.807, 2.05) is 37.4 Å². The van der Waals surface area contributed by atoms with Gasteiger partial charge in [0.2, 0.25) is 0 Å². The molecule has 0 bridgehead atoms. The number of aryl methyl sites for hydroxylation is 1. The van der Waals surface area contributed by atoms with Crippen LogP contribution in [0.3, 0.4) is 0 Å². The van der Waals surface area contributed by atoms with Gasteiger partial charge in [-0.15, -0.1) is 11.3 Å². The molecule has 120 valence electrons. The van der Waals surface area contributed by atoms with E-state index in [1.54, 1.807) is 22.2 Å². The van der Waals surface area contributed by atoms with Crippen molar-refractivity contribution < 1.29 is 0 Å². The van der Waals surface area contributed by atoms with E-state index < -0.39 is 0 Å². The number of thiophene rings is 1. The Hall–Kier alpha value is -2.44. The Labute approximate surface area is 147 Å². The summed E-state index contributed by atoms with van der Waals surface area (Å²) in [5.41, 5.74) is 1.17. The third-order valence-electron chi connectivity index (χ3n) is 3.65. The lowest BCUT2D eigenvalue weighted by Gasteiger charge is -2.09. The van der Waals surface area contributed by atoms with Gasteiger partial charge in [-0.25, -0.2) is 4.68 Å². The van der Waals surface area contributed by atoms with Crippen molar-refractivity contribution in [2.75, 3.05) is 5.32 Å². The average Bonchev–Trinajstić information content (AvgIpc) is 3.23. The smallest absolute Gasteiger partial charge is 0.253 e. The largest absolute Gasteiger partial charge is 0.365 e. The van der Waals surface area contributed by atoms with Gasteiger partial charge in [0.1, 0.15) is 10.6 Å². The third-order valence-corrected chi connectivity index (χ3v) is 5.24. The zero-order chi connectivity index (χ0) is 16.5. The van der Waals surface area contributed by atoms with Crippen LogP contribution in [0, 0.1) is 6.92 Å². The van der Waals surface area contributed by atoms with Crippen LogP contribution in [0.1, 0.15) is 10.4 Å². The van der Waals surface area contributed by atoms with Gasteiger partial charge in [0.25, 0.3) is 5.95 Å². The van der Waals surface area contributed by atoms with Crippen LogP contribution in [0.15, 0.2) is 48.8 Å². The molecule has 5 nitrogen and oxygen atoms in total. The Kier molecular flexibility index (Phi) is 3.92. The van der Waals surface area contributed by atoms with Crippen molar-refractivity contribution in [2.24, 2.45) is 0 Å². The number of benzene rings is 1. The van der Waals surface area contributed by atoms with E-state index >= 15 is 0 Å². The summed E-state index contributed by atoms with van der Waals surface area (Å²) in [5, 5.41) is 9.18. The van der Waals surface area contributed by atoms with E-state index in [9.17, 15) is 0 Å². The van der Waals surface area contributed by atoms with Gasteiger partial charge >= 0.3 is 0 Å². The normalized spacial score (nSPS) is 11.1. The van der Waals surface area contributed by atoms with Crippen LogP contribution < -0.4 is 5.32 Å². The third kappa shape index (κ3) is 2.74. The van der Waals surface area contributed by atoms with Gasteiger partial charge in [-0.3, -0.25) is 0 Å². The van der Waals surface area contributed by atoms with Crippen LogP contribution in [0.4, 0.5) is 5.82 Å². The number of fused-ring (bicyclic) bond motifs is 1. The molecule has 0 amide bonds. The zero-order valence-electron chi connectivity index (χ0n) is 12.9. The van der Waals surface area contributed by atoms with Crippen LogP contribution >= 0.6 is 22.9 Å². The summed E-state index contributed by atoms with van der Waals surface area (Å²) in [5.74, 6) is 1.25. The van der Waals surface area contributed by atoms with Gasteiger partial charge in [0.15, 0.2) is 0 Å². The van der Waals surface area contributed by atoms with Crippen molar-refractivity contribution in [2.45, 2.75) is 13.5 Å². The maximum Gasteiger partial charge on any atom is 0.253 e. The maximum absolute atomic E-state index is 6.47. The molecule has 0 saturated carbocycles. The summed E-state index contributed by atoms with van der Waals surface area (Å²) in [4.78, 5) is 11.1. The minimum absolute atomic E-state index is 0.529. The van der Waals surface area contributed by atoms with Gasteiger partial charge < -0.3 is 5.32 Å². The Bertz CT molecular complexity index is 979. The molecular formula is C17H14ClN5S. The highest BCUT2D eigenvalue weighted by molar-refractivity contribution is 7.19. The second-order valence-corrected chi connectivity index (χ2v) is 6.90. The summed E-state index contributed by atoms with van der Waals surface area (Å²) in [6.45, 7) is 2.65. The molecule has 4 rings (SSSR count). The number of anilines is 1. The molecule has 0 fully saturated rings. The first-order valence-corrected chi connectivity index (χ1v) is 8.66. The molecule has 0 unspecified atom stereocenters. The van der Waals surface area contributed by atoms with E-state index in [4.69, 9.17) is 11.6 Å². The number of rotatable bonds is 4. The molecule has 0 radical (unpaired) electrons. The summed E-state index contributed by atoms with van der Waals surface area (Å²) in [6, 6.07) is 12.0. The Morgan fingerprint density at radius 1 is 1.17 bits per heavy atom.